The van der Waals surface area contributed by atoms with Crippen molar-refractivity contribution in [3.05, 3.63) is 48.8 Å². The SMILES string of the molecule is Oc1nc2ccccn2c1-c1c(O)nc2ccccn12. The first kappa shape index (κ1) is 10.9. The normalized spacial score (nSPS) is 11.4. The number of rotatable bonds is 1. The van der Waals surface area contributed by atoms with Gasteiger partial charge in [0.05, 0.1) is 0 Å². The summed E-state index contributed by atoms with van der Waals surface area (Å²) in [5, 5.41) is 20.2. The predicted octanol–water partition coefficient (Wildman–Crippen LogP) is 2.06. The molecule has 0 amide bonds. The van der Waals surface area contributed by atoms with Crippen LogP contribution in [0.3, 0.4) is 0 Å². The van der Waals surface area contributed by atoms with Crippen LogP contribution in [0.2, 0.25) is 0 Å². The number of fused-ring (bicyclic) bond motifs is 2. The maximum atomic E-state index is 10.1. The maximum Gasteiger partial charge on any atom is 0.240 e. The van der Waals surface area contributed by atoms with Crippen LogP contribution in [0.25, 0.3) is 22.7 Å². The van der Waals surface area contributed by atoms with Gasteiger partial charge in [-0.25, -0.2) is 0 Å². The Morgan fingerprint density at radius 1 is 0.700 bits per heavy atom. The zero-order valence-electron chi connectivity index (χ0n) is 10.3. The molecule has 98 valence electrons. The lowest BCUT2D eigenvalue weighted by Gasteiger charge is -2.02. The van der Waals surface area contributed by atoms with E-state index in [1.807, 2.05) is 24.3 Å². The van der Waals surface area contributed by atoms with Gasteiger partial charge < -0.3 is 10.2 Å². The molecule has 4 heterocycles. The van der Waals surface area contributed by atoms with E-state index in [4.69, 9.17) is 0 Å². The van der Waals surface area contributed by atoms with Gasteiger partial charge in [0.15, 0.2) is 0 Å². The maximum absolute atomic E-state index is 10.1. The molecule has 0 aromatic carbocycles. The third-order valence-corrected chi connectivity index (χ3v) is 3.25. The molecule has 0 atom stereocenters. The number of hydrogen-bond acceptors (Lipinski definition) is 4. The highest BCUT2D eigenvalue weighted by atomic mass is 16.3. The van der Waals surface area contributed by atoms with Gasteiger partial charge in [-0.3, -0.25) is 8.80 Å². The van der Waals surface area contributed by atoms with Crippen molar-refractivity contribution in [2.75, 3.05) is 0 Å². The Labute approximate surface area is 113 Å². The summed E-state index contributed by atoms with van der Waals surface area (Å²) < 4.78 is 3.43. The standard InChI is InChI=1S/C14H10N4O2/c19-13-11(17-7-3-1-5-9(17)15-13)12-14(20)16-10-6-2-4-8-18(10)12/h1-8,19-20H. The third kappa shape index (κ3) is 1.33. The molecule has 2 N–H and O–H groups in total. The highest BCUT2D eigenvalue weighted by Crippen LogP contribution is 2.35. The van der Waals surface area contributed by atoms with Crippen molar-refractivity contribution in [2.24, 2.45) is 0 Å². The topological polar surface area (TPSA) is 75.1 Å². The summed E-state index contributed by atoms with van der Waals surface area (Å²) in [6, 6.07) is 10.9. The summed E-state index contributed by atoms with van der Waals surface area (Å²) in [5.41, 5.74) is 2.03. The lowest BCUT2D eigenvalue weighted by atomic mass is 10.3. The van der Waals surface area contributed by atoms with E-state index in [-0.39, 0.29) is 11.8 Å². The Morgan fingerprint density at radius 3 is 1.60 bits per heavy atom. The average molecular weight is 266 g/mol. The first-order valence-corrected chi connectivity index (χ1v) is 6.08. The molecule has 4 aromatic rings. The van der Waals surface area contributed by atoms with E-state index in [1.54, 1.807) is 33.3 Å². The number of aromatic hydroxyl groups is 2. The molecular formula is C14H10N4O2. The Balaban J connectivity index is 2.16. The summed E-state index contributed by atoms with van der Waals surface area (Å²) in [6.07, 6.45) is 3.55. The van der Waals surface area contributed by atoms with Crippen LogP contribution in [-0.2, 0) is 0 Å². The highest BCUT2D eigenvalue weighted by molar-refractivity contribution is 5.73. The molecule has 20 heavy (non-hydrogen) atoms. The van der Waals surface area contributed by atoms with Crippen molar-refractivity contribution in [2.45, 2.75) is 0 Å². The first-order chi connectivity index (χ1) is 9.75. The Hall–Kier alpha value is -3.02. The Morgan fingerprint density at radius 2 is 1.15 bits per heavy atom. The molecule has 4 rings (SSSR count). The summed E-state index contributed by atoms with van der Waals surface area (Å²) in [6.45, 7) is 0. The van der Waals surface area contributed by atoms with E-state index in [9.17, 15) is 10.2 Å². The van der Waals surface area contributed by atoms with Crippen molar-refractivity contribution in [1.29, 1.82) is 0 Å². The number of imidazole rings is 2. The van der Waals surface area contributed by atoms with Crippen LogP contribution in [0, 0.1) is 0 Å². The van der Waals surface area contributed by atoms with Gasteiger partial charge in [-0.2, -0.15) is 9.97 Å². The lowest BCUT2D eigenvalue weighted by molar-refractivity contribution is 0.450. The minimum atomic E-state index is -0.142. The molecule has 0 fully saturated rings. The molecule has 0 spiro atoms. The minimum absolute atomic E-state index is 0.142. The van der Waals surface area contributed by atoms with E-state index < -0.39 is 0 Å². The van der Waals surface area contributed by atoms with Crippen molar-refractivity contribution >= 4 is 11.3 Å². The van der Waals surface area contributed by atoms with Gasteiger partial charge in [-0.1, -0.05) is 12.1 Å². The molecule has 0 saturated heterocycles. The van der Waals surface area contributed by atoms with Gasteiger partial charge in [0, 0.05) is 12.4 Å². The summed E-state index contributed by atoms with van der Waals surface area (Å²) in [5.74, 6) is -0.283. The molecule has 0 bridgehead atoms. The van der Waals surface area contributed by atoms with Gasteiger partial charge in [-0.05, 0) is 24.3 Å². The van der Waals surface area contributed by atoms with Crippen molar-refractivity contribution in [3.63, 3.8) is 0 Å². The number of hydrogen-bond donors (Lipinski definition) is 2. The van der Waals surface area contributed by atoms with E-state index in [1.165, 1.54) is 0 Å². The second-order valence-electron chi connectivity index (χ2n) is 4.43. The van der Waals surface area contributed by atoms with Crippen LogP contribution in [0.4, 0.5) is 0 Å². The van der Waals surface area contributed by atoms with E-state index in [2.05, 4.69) is 9.97 Å². The number of nitrogens with zero attached hydrogens (tertiary/aromatic N) is 4. The first-order valence-electron chi connectivity index (χ1n) is 6.08. The van der Waals surface area contributed by atoms with Crippen molar-refractivity contribution < 1.29 is 10.2 Å². The number of pyridine rings is 2. The molecule has 0 unspecified atom stereocenters. The minimum Gasteiger partial charge on any atom is -0.492 e. The molecular weight excluding hydrogens is 256 g/mol. The lowest BCUT2D eigenvalue weighted by Crippen LogP contribution is -1.92. The summed E-state index contributed by atoms with van der Waals surface area (Å²) in [7, 11) is 0. The predicted molar refractivity (Wildman–Crippen MR) is 72.7 cm³/mol. The summed E-state index contributed by atoms with van der Waals surface area (Å²) >= 11 is 0. The molecule has 0 aliphatic rings. The smallest absolute Gasteiger partial charge is 0.240 e. The molecule has 0 saturated carbocycles. The fourth-order valence-electron chi connectivity index (χ4n) is 2.41. The van der Waals surface area contributed by atoms with E-state index in [0.717, 1.165) is 0 Å². The fraction of sp³-hybridized carbons (Fsp3) is 0. The zero-order chi connectivity index (χ0) is 13.7. The third-order valence-electron chi connectivity index (χ3n) is 3.25. The molecule has 6 nitrogen and oxygen atoms in total. The van der Waals surface area contributed by atoms with Crippen LogP contribution in [0.15, 0.2) is 48.8 Å². The molecule has 6 heteroatoms. The van der Waals surface area contributed by atoms with Crippen LogP contribution in [0.5, 0.6) is 11.8 Å². The average Bonchev–Trinajstić information content (AvgIpc) is 2.94. The van der Waals surface area contributed by atoms with Gasteiger partial charge in [0.25, 0.3) is 0 Å². The van der Waals surface area contributed by atoms with Crippen molar-refractivity contribution in [1.82, 2.24) is 18.8 Å². The van der Waals surface area contributed by atoms with Gasteiger partial charge in [0.2, 0.25) is 11.8 Å². The Bertz CT molecular complexity index is 861. The zero-order valence-corrected chi connectivity index (χ0v) is 10.3. The van der Waals surface area contributed by atoms with Crippen LogP contribution in [-0.4, -0.2) is 29.0 Å². The molecule has 0 aliphatic heterocycles. The van der Waals surface area contributed by atoms with E-state index in [0.29, 0.717) is 22.7 Å². The quantitative estimate of drug-likeness (QED) is 0.553. The molecule has 4 aromatic heterocycles. The largest absolute Gasteiger partial charge is 0.492 e. The summed E-state index contributed by atoms with van der Waals surface area (Å²) in [4.78, 5) is 8.17. The van der Waals surface area contributed by atoms with Crippen LogP contribution < -0.4 is 0 Å². The second kappa shape index (κ2) is 3.74. The van der Waals surface area contributed by atoms with E-state index >= 15 is 0 Å². The fourth-order valence-corrected chi connectivity index (χ4v) is 2.41. The Kier molecular flexibility index (Phi) is 2.03. The highest BCUT2D eigenvalue weighted by Gasteiger charge is 2.21. The van der Waals surface area contributed by atoms with Crippen LogP contribution in [0.1, 0.15) is 0 Å². The van der Waals surface area contributed by atoms with Gasteiger partial charge in [0.1, 0.15) is 22.7 Å². The van der Waals surface area contributed by atoms with Gasteiger partial charge >= 0.3 is 0 Å². The monoisotopic (exact) mass is 266 g/mol. The molecule has 0 aliphatic carbocycles. The van der Waals surface area contributed by atoms with Gasteiger partial charge in [-0.15, -0.1) is 0 Å². The van der Waals surface area contributed by atoms with Crippen LogP contribution >= 0.6 is 0 Å². The van der Waals surface area contributed by atoms with Crippen molar-refractivity contribution in [3.8, 4) is 23.1 Å². The molecule has 0 radical (unpaired) electrons. The number of aromatic nitrogens is 4. The second-order valence-corrected chi connectivity index (χ2v) is 4.43.